The smallest absolute Gasteiger partial charge is 0.0965 e. The first-order valence-electron chi connectivity index (χ1n) is 3.98. The number of aliphatic imine (C=N–C) groups is 1. The van der Waals surface area contributed by atoms with Crippen molar-refractivity contribution >= 4 is 17.2 Å². The van der Waals surface area contributed by atoms with E-state index in [1.165, 1.54) is 0 Å². The molecular formula is C9H15N3O2. The van der Waals surface area contributed by atoms with Gasteiger partial charge < -0.3 is 10.8 Å². The third-order valence-corrected chi connectivity index (χ3v) is 1.32. The summed E-state index contributed by atoms with van der Waals surface area (Å²) in [5.41, 5.74) is 8.60. The first-order chi connectivity index (χ1) is 6.74. The zero-order valence-electron chi connectivity index (χ0n) is 8.23. The zero-order valence-corrected chi connectivity index (χ0v) is 8.23. The summed E-state index contributed by atoms with van der Waals surface area (Å²) in [6, 6.07) is 7.09. The van der Waals surface area contributed by atoms with Gasteiger partial charge in [-0.3, -0.25) is 10.7 Å². The fourth-order valence-corrected chi connectivity index (χ4v) is 0.856. The van der Waals surface area contributed by atoms with Crippen molar-refractivity contribution in [3.05, 3.63) is 24.3 Å². The molecule has 0 saturated heterocycles. The van der Waals surface area contributed by atoms with Crippen LogP contribution in [0.25, 0.3) is 0 Å². The molecule has 1 aromatic carbocycles. The van der Waals surface area contributed by atoms with Crippen molar-refractivity contribution in [2.24, 2.45) is 10.7 Å². The average molecular weight is 197 g/mol. The maximum absolute atomic E-state index is 8.67. The second-order valence-electron chi connectivity index (χ2n) is 2.38. The molecule has 0 radical (unpaired) electrons. The van der Waals surface area contributed by atoms with Gasteiger partial charge in [0.05, 0.1) is 17.2 Å². The topological polar surface area (TPSA) is 90.9 Å². The monoisotopic (exact) mass is 197 g/mol. The van der Waals surface area contributed by atoms with Crippen LogP contribution in [0.2, 0.25) is 0 Å². The van der Waals surface area contributed by atoms with E-state index in [-0.39, 0.29) is 0 Å². The van der Waals surface area contributed by atoms with E-state index in [9.17, 15) is 0 Å². The van der Waals surface area contributed by atoms with E-state index in [1.54, 1.807) is 25.1 Å². The molecule has 14 heavy (non-hydrogen) atoms. The van der Waals surface area contributed by atoms with Crippen LogP contribution in [0.3, 0.4) is 0 Å². The quantitative estimate of drug-likeness (QED) is 0.324. The second kappa shape index (κ2) is 6.88. The summed E-state index contributed by atoms with van der Waals surface area (Å²) in [6.45, 7) is 1.69. The standard InChI is InChI=1S/C8H11N3O.CH4O/c1-6(9)10-7-4-2-3-5-8(7)11-12;1-2/h2-5,11-12H,1H3,(H2,9,10);2H,1H3. The molecule has 1 rings (SSSR count). The lowest BCUT2D eigenvalue weighted by molar-refractivity contribution is 0.389. The predicted octanol–water partition coefficient (Wildman–Crippen LogP) is 1.10. The first-order valence-corrected chi connectivity index (χ1v) is 3.98. The van der Waals surface area contributed by atoms with Gasteiger partial charge in [-0.25, -0.2) is 4.99 Å². The van der Waals surface area contributed by atoms with Crippen molar-refractivity contribution in [1.29, 1.82) is 0 Å². The van der Waals surface area contributed by atoms with Crippen LogP contribution in [0.5, 0.6) is 0 Å². The van der Waals surface area contributed by atoms with E-state index in [0.717, 1.165) is 7.11 Å². The van der Waals surface area contributed by atoms with Gasteiger partial charge in [-0.15, -0.1) is 0 Å². The van der Waals surface area contributed by atoms with Crippen LogP contribution in [0, 0.1) is 0 Å². The van der Waals surface area contributed by atoms with Crippen LogP contribution in [-0.2, 0) is 0 Å². The van der Waals surface area contributed by atoms with Gasteiger partial charge >= 0.3 is 0 Å². The minimum atomic E-state index is 0.456. The Balaban J connectivity index is 0.000000791. The largest absolute Gasteiger partial charge is 0.400 e. The summed E-state index contributed by atoms with van der Waals surface area (Å²) < 4.78 is 0. The van der Waals surface area contributed by atoms with Crippen LogP contribution in [0.1, 0.15) is 6.92 Å². The predicted molar refractivity (Wildman–Crippen MR) is 57.0 cm³/mol. The number of hydrogen-bond acceptors (Lipinski definition) is 4. The van der Waals surface area contributed by atoms with Crippen LogP contribution in [0.15, 0.2) is 29.3 Å². The van der Waals surface area contributed by atoms with Gasteiger partial charge in [0.2, 0.25) is 0 Å². The highest BCUT2D eigenvalue weighted by Gasteiger charge is 1.96. The van der Waals surface area contributed by atoms with E-state index in [4.69, 9.17) is 16.0 Å². The Morgan fingerprint density at radius 2 is 1.93 bits per heavy atom. The molecule has 0 aliphatic rings. The zero-order chi connectivity index (χ0) is 11.0. The summed E-state index contributed by atoms with van der Waals surface area (Å²) in [7, 11) is 1.00. The number of amidine groups is 1. The highest BCUT2D eigenvalue weighted by molar-refractivity contribution is 5.83. The average Bonchev–Trinajstić information content (AvgIpc) is 2.21. The minimum absolute atomic E-state index is 0.456. The molecule has 0 saturated carbocycles. The van der Waals surface area contributed by atoms with Crippen molar-refractivity contribution in [2.75, 3.05) is 12.6 Å². The molecule has 5 heteroatoms. The number of aliphatic hydroxyl groups excluding tert-OH is 1. The first kappa shape index (κ1) is 12.4. The summed E-state index contributed by atoms with van der Waals surface area (Å²) in [6.07, 6.45) is 0. The van der Waals surface area contributed by atoms with Gasteiger partial charge in [0.15, 0.2) is 0 Å². The molecule has 0 bridgehead atoms. The molecule has 0 unspecified atom stereocenters. The highest BCUT2D eigenvalue weighted by atomic mass is 16.5. The number of rotatable bonds is 2. The van der Waals surface area contributed by atoms with Crippen molar-refractivity contribution in [3.8, 4) is 0 Å². The summed E-state index contributed by atoms with van der Waals surface area (Å²) in [4.78, 5) is 4.00. The minimum Gasteiger partial charge on any atom is -0.400 e. The van der Waals surface area contributed by atoms with E-state index in [2.05, 4.69) is 4.99 Å². The van der Waals surface area contributed by atoms with Crippen LogP contribution < -0.4 is 11.2 Å². The van der Waals surface area contributed by atoms with Gasteiger partial charge in [0.1, 0.15) is 0 Å². The van der Waals surface area contributed by atoms with Gasteiger partial charge in [-0.2, -0.15) is 0 Å². The van der Waals surface area contributed by atoms with Crippen molar-refractivity contribution in [3.63, 3.8) is 0 Å². The molecule has 5 N–H and O–H groups in total. The number of nitrogens with one attached hydrogen (secondary N) is 1. The molecule has 0 aromatic heterocycles. The Kier molecular flexibility index (Phi) is 6.09. The van der Waals surface area contributed by atoms with Gasteiger partial charge in [0, 0.05) is 7.11 Å². The van der Waals surface area contributed by atoms with Crippen molar-refractivity contribution < 1.29 is 10.3 Å². The van der Waals surface area contributed by atoms with Gasteiger partial charge in [0.25, 0.3) is 0 Å². The lowest BCUT2D eigenvalue weighted by atomic mass is 10.3. The van der Waals surface area contributed by atoms with Crippen LogP contribution in [0.4, 0.5) is 11.4 Å². The van der Waals surface area contributed by atoms with Crippen LogP contribution >= 0.6 is 0 Å². The maximum Gasteiger partial charge on any atom is 0.0965 e. The lowest BCUT2D eigenvalue weighted by Crippen LogP contribution is -2.04. The summed E-state index contributed by atoms with van der Waals surface area (Å²) in [5, 5.41) is 15.7. The maximum atomic E-state index is 8.67. The molecule has 0 heterocycles. The molecule has 5 nitrogen and oxygen atoms in total. The molecular weight excluding hydrogens is 182 g/mol. The molecule has 0 spiro atoms. The highest BCUT2D eigenvalue weighted by Crippen LogP contribution is 2.22. The Bertz CT molecular complexity index is 296. The Labute approximate surface area is 82.9 Å². The number of nitrogens with two attached hydrogens (primary N) is 1. The Hall–Kier alpha value is -1.59. The van der Waals surface area contributed by atoms with E-state index in [1.807, 2.05) is 11.5 Å². The number of anilines is 1. The Morgan fingerprint density at radius 1 is 1.36 bits per heavy atom. The number of para-hydroxylation sites is 2. The van der Waals surface area contributed by atoms with Crippen LogP contribution in [-0.4, -0.2) is 23.3 Å². The molecule has 78 valence electrons. The SMILES string of the molecule is CC(N)=Nc1ccccc1NO.CO. The fraction of sp³-hybridized carbons (Fsp3) is 0.222. The molecule has 0 fully saturated rings. The molecule has 0 aliphatic heterocycles. The van der Waals surface area contributed by atoms with Gasteiger partial charge in [-0.05, 0) is 19.1 Å². The number of hydrogen-bond donors (Lipinski definition) is 4. The molecule has 0 aliphatic carbocycles. The molecule has 0 amide bonds. The van der Waals surface area contributed by atoms with Gasteiger partial charge in [-0.1, -0.05) is 12.1 Å². The second-order valence-corrected chi connectivity index (χ2v) is 2.38. The summed E-state index contributed by atoms with van der Waals surface area (Å²) >= 11 is 0. The lowest BCUT2D eigenvalue weighted by Gasteiger charge is -2.02. The number of aliphatic hydroxyl groups is 1. The number of nitrogens with zero attached hydrogens (tertiary/aromatic N) is 1. The molecule has 0 atom stereocenters. The van der Waals surface area contributed by atoms with E-state index in [0.29, 0.717) is 17.2 Å². The normalized spacial score (nSPS) is 10.1. The van der Waals surface area contributed by atoms with Crippen molar-refractivity contribution in [2.45, 2.75) is 6.92 Å². The van der Waals surface area contributed by atoms with E-state index < -0.39 is 0 Å². The number of benzene rings is 1. The third-order valence-electron chi connectivity index (χ3n) is 1.32. The van der Waals surface area contributed by atoms with Crippen molar-refractivity contribution in [1.82, 2.24) is 0 Å². The third kappa shape index (κ3) is 3.88. The Morgan fingerprint density at radius 3 is 2.43 bits per heavy atom. The molecule has 1 aromatic rings. The summed E-state index contributed by atoms with van der Waals surface area (Å²) in [5.74, 6) is 0.456. The fourth-order valence-electron chi connectivity index (χ4n) is 0.856. The van der Waals surface area contributed by atoms with E-state index >= 15 is 0 Å².